The van der Waals surface area contributed by atoms with Gasteiger partial charge in [-0.3, -0.25) is 0 Å². The third-order valence-electron chi connectivity index (χ3n) is 3.01. The Balaban J connectivity index is 2.22. The van der Waals surface area contributed by atoms with Gasteiger partial charge in [0, 0.05) is 26.3 Å². The average molecular weight is 225 g/mol. The van der Waals surface area contributed by atoms with Crippen molar-refractivity contribution in [2.45, 2.75) is 25.8 Å². The first-order valence-corrected chi connectivity index (χ1v) is 6.15. The highest BCUT2D eigenvalue weighted by Crippen LogP contribution is 2.15. The van der Waals surface area contributed by atoms with E-state index < -0.39 is 0 Å². The first-order valence-electron chi connectivity index (χ1n) is 6.15. The summed E-state index contributed by atoms with van der Waals surface area (Å²) in [5.41, 5.74) is 0. The number of likely N-dealkylation sites (N-methyl/N-ethyl adjacent to an activating group) is 2. The summed E-state index contributed by atoms with van der Waals surface area (Å²) in [6.07, 6.45) is 2.31. The van der Waals surface area contributed by atoms with Gasteiger partial charge in [-0.05, 0) is 32.4 Å². The van der Waals surface area contributed by atoms with Crippen molar-refractivity contribution in [3.8, 4) is 6.07 Å². The van der Waals surface area contributed by atoms with Gasteiger partial charge < -0.3 is 15.0 Å². The molecule has 0 aromatic heterocycles. The van der Waals surface area contributed by atoms with Gasteiger partial charge >= 0.3 is 0 Å². The van der Waals surface area contributed by atoms with Crippen molar-refractivity contribution in [2.75, 3.05) is 39.9 Å². The van der Waals surface area contributed by atoms with Gasteiger partial charge in [-0.1, -0.05) is 6.92 Å². The Morgan fingerprint density at radius 2 is 2.19 bits per heavy atom. The molecule has 1 fully saturated rings. The number of nitrogens with zero attached hydrogens (tertiary/aromatic N) is 2. The zero-order valence-electron chi connectivity index (χ0n) is 10.4. The van der Waals surface area contributed by atoms with Gasteiger partial charge in [-0.2, -0.15) is 5.26 Å². The van der Waals surface area contributed by atoms with Crippen LogP contribution in [0, 0.1) is 17.2 Å². The summed E-state index contributed by atoms with van der Waals surface area (Å²) < 4.78 is 5.34. The fourth-order valence-electron chi connectivity index (χ4n) is 2.15. The molecule has 92 valence electrons. The van der Waals surface area contributed by atoms with Crippen molar-refractivity contribution < 1.29 is 4.74 Å². The fraction of sp³-hybridized carbons (Fsp3) is 0.917. The SMILES string of the molecule is CCNC(C#N)CN(C)CC1CCOCC1. The highest BCUT2D eigenvalue weighted by Gasteiger charge is 2.17. The van der Waals surface area contributed by atoms with Crippen molar-refractivity contribution in [1.82, 2.24) is 10.2 Å². The van der Waals surface area contributed by atoms with E-state index >= 15 is 0 Å². The highest BCUT2D eigenvalue weighted by molar-refractivity contribution is 4.91. The zero-order chi connectivity index (χ0) is 11.8. The fourth-order valence-corrected chi connectivity index (χ4v) is 2.15. The minimum Gasteiger partial charge on any atom is -0.381 e. The second-order valence-electron chi connectivity index (χ2n) is 4.52. The third-order valence-corrected chi connectivity index (χ3v) is 3.01. The van der Waals surface area contributed by atoms with Crippen LogP contribution in [0.25, 0.3) is 0 Å². The normalized spacial score (nSPS) is 19.6. The minimum atomic E-state index is -0.0464. The molecule has 0 amide bonds. The molecule has 1 unspecified atom stereocenters. The van der Waals surface area contributed by atoms with Gasteiger partial charge in [0.25, 0.3) is 0 Å². The maximum atomic E-state index is 8.95. The predicted octanol–water partition coefficient (Wildman–Crippen LogP) is 0.846. The van der Waals surface area contributed by atoms with Crippen LogP contribution in [0.2, 0.25) is 0 Å². The van der Waals surface area contributed by atoms with E-state index in [0.717, 1.165) is 51.6 Å². The first kappa shape index (κ1) is 13.4. The summed E-state index contributed by atoms with van der Waals surface area (Å²) in [6, 6.07) is 2.25. The van der Waals surface area contributed by atoms with Gasteiger partial charge in [0.05, 0.1) is 6.07 Å². The van der Waals surface area contributed by atoms with E-state index in [1.807, 2.05) is 6.92 Å². The molecule has 4 nitrogen and oxygen atoms in total. The molecule has 1 heterocycles. The van der Waals surface area contributed by atoms with Crippen LogP contribution in [0.15, 0.2) is 0 Å². The molecule has 1 saturated heterocycles. The van der Waals surface area contributed by atoms with E-state index in [9.17, 15) is 0 Å². The van der Waals surface area contributed by atoms with Crippen molar-refractivity contribution >= 4 is 0 Å². The smallest absolute Gasteiger partial charge is 0.108 e. The molecule has 0 bridgehead atoms. The molecule has 0 aromatic rings. The van der Waals surface area contributed by atoms with E-state index in [1.54, 1.807) is 0 Å². The second kappa shape index (κ2) is 7.61. The molecule has 4 heteroatoms. The molecule has 1 aliphatic rings. The standard InChI is InChI=1S/C12H23N3O/c1-3-14-12(8-13)10-15(2)9-11-4-6-16-7-5-11/h11-12,14H,3-7,9-10H2,1-2H3. The van der Waals surface area contributed by atoms with E-state index in [-0.39, 0.29) is 6.04 Å². The second-order valence-corrected chi connectivity index (χ2v) is 4.52. The van der Waals surface area contributed by atoms with Crippen LogP contribution in [0.3, 0.4) is 0 Å². The lowest BCUT2D eigenvalue weighted by Gasteiger charge is -2.28. The van der Waals surface area contributed by atoms with Crippen LogP contribution in [0.1, 0.15) is 19.8 Å². The number of hydrogen-bond acceptors (Lipinski definition) is 4. The summed E-state index contributed by atoms with van der Waals surface area (Å²) >= 11 is 0. The van der Waals surface area contributed by atoms with Crippen molar-refractivity contribution in [3.05, 3.63) is 0 Å². The Morgan fingerprint density at radius 1 is 1.50 bits per heavy atom. The lowest BCUT2D eigenvalue weighted by atomic mass is 10.00. The molecule has 1 rings (SSSR count). The molecule has 0 aliphatic carbocycles. The van der Waals surface area contributed by atoms with Crippen molar-refractivity contribution in [1.29, 1.82) is 5.26 Å². The molecule has 1 aliphatic heterocycles. The third kappa shape index (κ3) is 4.93. The monoisotopic (exact) mass is 225 g/mol. The van der Waals surface area contributed by atoms with Gasteiger partial charge in [0.2, 0.25) is 0 Å². The Bertz CT molecular complexity index is 221. The lowest BCUT2D eigenvalue weighted by Crippen LogP contribution is -2.40. The molecular weight excluding hydrogens is 202 g/mol. The van der Waals surface area contributed by atoms with Gasteiger partial charge in [0.15, 0.2) is 0 Å². The Hall–Kier alpha value is -0.630. The average Bonchev–Trinajstić information content (AvgIpc) is 2.29. The summed E-state index contributed by atoms with van der Waals surface area (Å²) in [4.78, 5) is 2.26. The molecular formula is C12H23N3O. The summed E-state index contributed by atoms with van der Waals surface area (Å²) in [6.45, 7) is 6.56. The maximum Gasteiger partial charge on any atom is 0.108 e. The summed E-state index contributed by atoms with van der Waals surface area (Å²) in [7, 11) is 2.09. The maximum absolute atomic E-state index is 8.95. The van der Waals surface area contributed by atoms with Crippen LogP contribution < -0.4 is 5.32 Å². The predicted molar refractivity (Wildman–Crippen MR) is 64.1 cm³/mol. The van der Waals surface area contributed by atoms with Crippen LogP contribution >= 0.6 is 0 Å². The summed E-state index contributed by atoms with van der Waals surface area (Å²) in [5, 5.41) is 12.1. The Morgan fingerprint density at radius 3 is 2.75 bits per heavy atom. The van der Waals surface area contributed by atoms with Crippen LogP contribution in [0.5, 0.6) is 0 Å². The van der Waals surface area contributed by atoms with Gasteiger partial charge in [-0.25, -0.2) is 0 Å². The van der Waals surface area contributed by atoms with Crippen LogP contribution in [-0.2, 0) is 4.74 Å². The lowest BCUT2D eigenvalue weighted by molar-refractivity contribution is 0.0553. The molecule has 1 N–H and O–H groups in total. The van der Waals surface area contributed by atoms with E-state index in [2.05, 4.69) is 23.3 Å². The Kier molecular flexibility index (Phi) is 6.39. The highest BCUT2D eigenvalue weighted by atomic mass is 16.5. The number of nitriles is 1. The molecule has 0 aromatic carbocycles. The van der Waals surface area contributed by atoms with Gasteiger partial charge in [0.1, 0.15) is 6.04 Å². The number of nitrogens with one attached hydrogen (secondary N) is 1. The van der Waals surface area contributed by atoms with E-state index in [0.29, 0.717) is 0 Å². The van der Waals surface area contributed by atoms with E-state index in [1.165, 1.54) is 0 Å². The number of hydrogen-bond donors (Lipinski definition) is 1. The topological polar surface area (TPSA) is 48.3 Å². The van der Waals surface area contributed by atoms with Crippen molar-refractivity contribution in [3.63, 3.8) is 0 Å². The summed E-state index contributed by atoms with van der Waals surface area (Å²) in [5.74, 6) is 0.736. The molecule has 0 saturated carbocycles. The molecule has 0 spiro atoms. The zero-order valence-corrected chi connectivity index (χ0v) is 10.4. The molecule has 0 radical (unpaired) electrons. The Labute approximate surface area is 98.6 Å². The first-order chi connectivity index (χ1) is 7.76. The van der Waals surface area contributed by atoms with Crippen LogP contribution in [0.4, 0.5) is 0 Å². The van der Waals surface area contributed by atoms with Crippen LogP contribution in [-0.4, -0.2) is 50.8 Å². The largest absolute Gasteiger partial charge is 0.381 e. The number of rotatable bonds is 6. The van der Waals surface area contributed by atoms with E-state index in [4.69, 9.17) is 10.00 Å². The molecule has 1 atom stereocenters. The minimum absolute atomic E-state index is 0.0464. The quantitative estimate of drug-likeness (QED) is 0.728. The molecule has 16 heavy (non-hydrogen) atoms. The number of ether oxygens (including phenoxy) is 1. The van der Waals surface area contributed by atoms with Crippen molar-refractivity contribution in [2.24, 2.45) is 5.92 Å². The van der Waals surface area contributed by atoms with Gasteiger partial charge in [-0.15, -0.1) is 0 Å².